The van der Waals surface area contributed by atoms with Gasteiger partial charge >= 0.3 is 5.97 Å². The van der Waals surface area contributed by atoms with Crippen LogP contribution in [0.5, 0.6) is 5.88 Å². The van der Waals surface area contributed by atoms with Crippen LogP contribution in [0.15, 0.2) is 47.8 Å². The number of methoxy groups -OCH3 is 1. The summed E-state index contributed by atoms with van der Waals surface area (Å²) in [5.41, 5.74) is 2.40. The fraction of sp³-hybridized carbons (Fsp3) is 0.308. The Hall–Kier alpha value is -4.16. The molecule has 11 nitrogen and oxygen atoms in total. The minimum absolute atomic E-state index is 0.0227. The van der Waals surface area contributed by atoms with Crippen molar-refractivity contribution in [2.75, 3.05) is 18.2 Å². The van der Waals surface area contributed by atoms with E-state index in [1.54, 1.807) is 13.8 Å². The molecule has 0 amide bonds. The third kappa shape index (κ3) is 4.66. The molecule has 4 rings (SSSR count). The molecule has 0 saturated heterocycles. The fourth-order valence-electron chi connectivity index (χ4n) is 4.67. The minimum Gasteiger partial charge on any atom is -0.480 e. The van der Waals surface area contributed by atoms with Crippen LogP contribution in [0.4, 0.5) is 21.8 Å². The van der Waals surface area contributed by atoms with Crippen molar-refractivity contribution >= 4 is 35.0 Å². The molecule has 0 radical (unpaired) electrons. The van der Waals surface area contributed by atoms with Crippen LogP contribution in [-0.4, -0.2) is 53.8 Å². The molecule has 0 bridgehead atoms. The molecule has 13 heteroatoms. The normalized spacial score (nSPS) is 21.3. The van der Waals surface area contributed by atoms with E-state index in [1.807, 2.05) is 6.92 Å². The second-order valence-electron chi connectivity index (χ2n) is 9.09. The number of anilines is 3. The molecule has 1 aliphatic carbocycles. The van der Waals surface area contributed by atoms with Crippen LogP contribution in [0.1, 0.15) is 31.7 Å². The van der Waals surface area contributed by atoms with Gasteiger partial charge in [0.1, 0.15) is 22.7 Å². The number of carboxylic acid groups (broad SMARTS) is 1. The van der Waals surface area contributed by atoms with E-state index in [-0.39, 0.29) is 45.3 Å². The van der Waals surface area contributed by atoms with Crippen molar-refractivity contribution in [2.24, 2.45) is 5.92 Å². The maximum Gasteiger partial charge on any atom is 0.321 e. The zero-order chi connectivity index (χ0) is 28.5. The summed E-state index contributed by atoms with van der Waals surface area (Å²) in [6.45, 7) is 5.16. The van der Waals surface area contributed by atoms with Crippen molar-refractivity contribution in [1.82, 2.24) is 24.9 Å². The number of carbonyl (C=O) groups is 1. The lowest BCUT2D eigenvalue weighted by molar-refractivity contribution is -0.153. The number of aryl methyl sites for hydroxylation is 1. The van der Waals surface area contributed by atoms with Gasteiger partial charge in [-0.25, -0.2) is 19.3 Å². The van der Waals surface area contributed by atoms with Gasteiger partial charge in [0.2, 0.25) is 11.8 Å². The molecule has 1 aliphatic rings. The molecule has 0 saturated carbocycles. The molecule has 204 valence electrons. The summed E-state index contributed by atoms with van der Waals surface area (Å²) in [4.78, 5) is 34.0. The van der Waals surface area contributed by atoms with Crippen LogP contribution in [0.3, 0.4) is 0 Å². The zero-order valence-corrected chi connectivity index (χ0v) is 22.4. The smallest absolute Gasteiger partial charge is 0.321 e. The standard InChI is InChI=1S/C26H27ClFN7O4/c1-5-13(2)26(38)19(27)7-6-8-25(26,23(36)37)15-9-17(21-32-14(3)33-24(29)35-21)20(30-11-15)34-16-10-18(28)22(39-4)31-12-16/h6-13,38H,5H2,1-4H3,(H,30,34)(H,36,37)(H2,29,32,33,35). The van der Waals surface area contributed by atoms with E-state index >= 15 is 0 Å². The number of allylic oxidation sites excluding steroid dienone is 2. The first-order valence-corrected chi connectivity index (χ1v) is 12.3. The first kappa shape index (κ1) is 27.9. The van der Waals surface area contributed by atoms with E-state index < -0.39 is 28.7 Å². The van der Waals surface area contributed by atoms with E-state index in [1.165, 1.54) is 43.8 Å². The second kappa shape index (κ2) is 10.5. The SMILES string of the molecule is CCC(C)C1(O)C(Cl)=CC=CC1(C(=O)O)c1cnc(Nc2cnc(OC)c(F)c2)c(-c2nc(C)nc(N)n2)c1. The summed E-state index contributed by atoms with van der Waals surface area (Å²) in [7, 11) is 1.30. The maximum atomic E-state index is 14.3. The number of rotatable bonds is 8. The van der Waals surface area contributed by atoms with Gasteiger partial charge < -0.3 is 26.0 Å². The van der Waals surface area contributed by atoms with Crippen LogP contribution in [0.2, 0.25) is 0 Å². The quantitative estimate of drug-likeness (QED) is 0.318. The molecule has 3 heterocycles. The highest BCUT2D eigenvalue weighted by Gasteiger charge is 2.61. The van der Waals surface area contributed by atoms with Crippen molar-refractivity contribution in [3.63, 3.8) is 0 Å². The number of hydrogen-bond acceptors (Lipinski definition) is 10. The van der Waals surface area contributed by atoms with Crippen LogP contribution in [0.25, 0.3) is 11.4 Å². The molecular weight excluding hydrogens is 529 g/mol. The summed E-state index contributed by atoms with van der Waals surface area (Å²) >= 11 is 6.51. The summed E-state index contributed by atoms with van der Waals surface area (Å²) in [5, 5.41) is 25.5. The number of aliphatic hydroxyl groups is 1. The van der Waals surface area contributed by atoms with E-state index in [2.05, 4.69) is 30.2 Å². The lowest BCUT2D eigenvalue weighted by Crippen LogP contribution is -2.60. The molecular formula is C26H27ClFN7O4. The van der Waals surface area contributed by atoms with Gasteiger partial charge in [-0.05, 0) is 30.5 Å². The first-order valence-electron chi connectivity index (χ1n) is 11.9. The Kier molecular flexibility index (Phi) is 7.53. The lowest BCUT2D eigenvalue weighted by Gasteiger charge is -2.47. The zero-order valence-electron chi connectivity index (χ0n) is 21.6. The number of carboxylic acids is 1. The average Bonchev–Trinajstić information content (AvgIpc) is 2.89. The Morgan fingerprint density at radius 2 is 2.00 bits per heavy atom. The Morgan fingerprint density at radius 1 is 1.26 bits per heavy atom. The predicted octanol–water partition coefficient (Wildman–Crippen LogP) is 3.90. The lowest BCUT2D eigenvalue weighted by atomic mass is 9.60. The van der Waals surface area contributed by atoms with Gasteiger partial charge in [-0.15, -0.1) is 0 Å². The largest absolute Gasteiger partial charge is 0.480 e. The van der Waals surface area contributed by atoms with Crippen molar-refractivity contribution in [2.45, 2.75) is 38.2 Å². The topological polar surface area (TPSA) is 169 Å². The first-order chi connectivity index (χ1) is 18.5. The van der Waals surface area contributed by atoms with Gasteiger partial charge in [-0.3, -0.25) is 4.79 Å². The molecule has 0 spiro atoms. The molecule has 0 fully saturated rings. The van der Waals surface area contributed by atoms with E-state index in [0.717, 1.165) is 6.07 Å². The number of ether oxygens (including phenoxy) is 1. The van der Waals surface area contributed by atoms with Crippen molar-refractivity contribution in [1.29, 1.82) is 0 Å². The number of pyridine rings is 2. The van der Waals surface area contributed by atoms with Crippen molar-refractivity contribution in [3.05, 3.63) is 65.0 Å². The summed E-state index contributed by atoms with van der Waals surface area (Å²) in [5.74, 6) is -2.35. The summed E-state index contributed by atoms with van der Waals surface area (Å²) < 4.78 is 19.2. The highest BCUT2D eigenvalue weighted by atomic mass is 35.5. The molecule has 3 aromatic heterocycles. The number of hydrogen-bond donors (Lipinski definition) is 4. The number of nitrogens with two attached hydrogens (primary N) is 1. The van der Waals surface area contributed by atoms with Crippen LogP contribution in [0, 0.1) is 18.7 Å². The summed E-state index contributed by atoms with van der Waals surface area (Å²) in [6.07, 6.45) is 7.41. The minimum atomic E-state index is -2.02. The Labute approximate surface area is 228 Å². The Morgan fingerprint density at radius 3 is 2.62 bits per heavy atom. The van der Waals surface area contributed by atoms with Crippen LogP contribution >= 0.6 is 11.6 Å². The fourth-order valence-corrected chi connectivity index (χ4v) is 5.08. The van der Waals surface area contributed by atoms with Crippen LogP contribution in [-0.2, 0) is 10.2 Å². The van der Waals surface area contributed by atoms with Crippen molar-refractivity contribution < 1.29 is 24.1 Å². The number of aliphatic carboxylic acids is 1. The van der Waals surface area contributed by atoms with Gasteiger partial charge in [0, 0.05) is 12.3 Å². The number of nitrogens with zero attached hydrogens (tertiary/aromatic N) is 5. The van der Waals surface area contributed by atoms with Crippen molar-refractivity contribution in [3.8, 4) is 17.3 Å². The van der Waals surface area contributed by atoms with Crippen LogP contribution < -0.4 is 15.8 Å². The van der Waals surface area contributed by atoms with Gasteiger partial charge in [0.05, 0.1) is 29.6 Å². The van der Waals surface area contributed by atoms with Gasteiger partial charge in [-0.2, -0.15) is 9.97 Å². The summed E-state index contributed by atoms with van der Waals surface area (Å²) in [6, 6.07) is 2.64. The van der Waals surface area contributed by atoms with Gasteiger partial charge in [-0.1, -0.05) is 44.0 Å². The maximum absolute atomic E-state index is 14.3. The van der Waals surface area contributed by atoms with Gasteiger partial charge in [0.25, 0.3) is 0 Å². The Bertz CT molecular complexity index is 1480. The molecule has 5 N–H and O–H groups in total. The number of nitrogen functional groups attached to an aromatic ring is 1. The molecule has 0 aliphatic heterocycles. The second-order valence-corrected chi connectivity index (χ2v) is 9.49. The third-order valence-electron chi connectivity index (χ3n) is 6.83. The van der Waals surface area contributed by atoms with Gasteiger partial charge in [0.15, 0.2) is 11.6 Å². The highest BCUT2D eigenvalue weighted by Crippen LogP contribution is 2.51. The third-order valence-corrected chi connectivity index (χ3v) is 7.24. The molecule has 3 atom stereocenters. The average molecular weight is 556 g/mol. The Balaban J connectivity index is 1.97. The number of halogens is 2. The molecule has 39 heavy (non-hydrogen) atoms. The van der Waals surface area contributed by atoms with E-state index in [0.29, 0.717) is 12.2 Å². The number of aromatic nitrogens is 5. The molecule has 3 aromatic rings. The van der Waals surface area contributed by atoms with E-state index in [9.17, 15) is 19.4 Å². The molecule has 0 aromatic carbocycles. The highest BCUT2D eigenvalue weighted by molar-refractivity contribution is 6.31. The number of nitrogens with one attached hydrogen (secondary N) is 1. The molecule has 3 unspecified atom stereocenters. The van der Waals surface area contributed by atoms with E-state index in [4.69, 9.17) is 22.1 Å². The predicted molar refractivity (Wildman–Crippen MR) is 143 cm³/mol. The monoisotopic (exact) mass is 555 g/mol.